The molecule has 2 aromatic carbocycles. The number of unbranched alkanes of at least 4 members (excludes halogenated alkanes) is 32. The second-order valence-electron chi connectivity index (χ2n) is 19.8. The van der Waals surface area contributed by atoms with Crippen LogP contribution < -0.4 is 0 Å². The van der Waals surface area contributed by atoms with Crippen molar-refractivity contribution in [3.63, 3.8) is 0 Å². The van der Waals surface area contributed by atoms with E-state index in [1.807, 2.05) is 24.3 Å². The van der Waals surface area contributed by atoms with Crippen LogP contribution >= 0.6 is 0 Å². The van der Waals surface area contributed by atoms with Gasteiger partial charge >= 0.3 is 10.2 Å². The highest BCUT2D eigenvalue weighted by Gasteiger charge is 2.30. The van der Waals surface area contributed by atoms with E-state index in [4.69, 9.17) is 17.5 Å². The summed E-state index contributed by atoms with van der Waals surface area (Å²) in [5.74, 6) is 4.44. The van der Waals surface area contributed by atoms with Gasteiger partial charge in [-0.05, 0) is 89.5 Å². The van der Waals surface area contributed by atoms with Crippen molar-refractivity contribution in [3.8, 4) is 0 Å². The molecule has 9 heteroatoms. The summed E-state index contributed by atoms with van der Waals surface area (Å²) in [5, 5.41) is 0.841. The zero-order valence-corrected chi connectivity index (χ0v) is 48.0. The van der Waals surface area contributed by atoms with Crippen molar-refractivity contribution in [1.29, 1.82) is 0 Å². The maximum Gasteiger partial charge on any atom is 0.361 e. The number of carbonyl (C=O) groups excluding carboxylic acids is 2. The van der Waals surface area contributed by atoms with Gasteiger partial charge in [0.25, 0.3) is 0 Å². The van der Waals surface area contributed by atoms with Crippen LogP contribution in [0.2, 0.25) is 0 Å². The second kappa shape index (κ2) is 48.6. The Hall–Kier alpha value is -1.65. The minimum Gasteiger partial charge on any atom is -0.759 e. The maximum absolute atomic E-state index is 13.2. The van der Waals surface area contributed by atoms with Crippen LogP contribution in [-0.4, -0.2) is 50.8 Å². The Labute approximate surface area is 433 Å². The molecule has 0 fully saturated rings. The van der Waals surface area contributed by atoms with E-state index in [0.29, 0.717) is 10.2 Å². The van der Waals surface area contributed by atoms with Gasteiger partial charge in [-0.3, -0.25) is 8.42 Å². The van der Waals surface area contributed by atoms with E-state index in [2.05, 4.69) is 65.8 Å². The van der Waals surface area contributed by atoms with Crippen LogP contribution in [0.15, 0.2) is 48.5 Å². The van der Waals surface area contributed by atoms with E-state index in [1.54, 1.807) is 0 Å². The Morgan fingerprint density at radius 3 is 0.667 bits per heavy atom. The molecule has 6 nitrogen and oxygen atoms in total. The first-order valence-corrected chi connectivity index (χ1v) is 33.1. The van der Waals surface area contributed by atoms with Gasteiger partial charge in [0.2, 0.25) is 0 Å². The fourth-order valence-corrected chi connectivity index (χ4v) is 12.9. The normalized spacial score (nSPS) is 11.4. The number of hydrogen-bond donors (Lipinski definition) is 0. The van der Waals surface area contributed by atoms with Gasteiger partial charge in [0.1, 0.15) is 23.0 Å². The Balaban J connectivity index is 0.00000122. The van der Waals surface area contributed by atoms with E-state index < -0.39 is 10.4 Å². The lowest BCUT2D eigenvalue weighted by Crippen LogP contribution is -2.23. The molecule has 0 atom stereocenters. The second-order valence-corrected chi connectivity index (χ2v) is 25.0. The lowest BCUT2D eigenvalue weighted by atomic mass is 10.1. The Morgan fingerprint density at radius 1 is 0.333 bits per heavy atom. The predicted octanol–water partition coefficient (Wildman–Crippen LogP) is 18.3. The fourth-order valence-electron chi connectivity index (χ4n) is 8.64. The van der Waals surface area contributed by atoms with Crippen LogP contribution in [-0.2, 0) is 32.2 Å². The molecular formula is C60H106O6S3. The first-order valence-electron chi connectivity index (χ1n) is 28.6. The zero-order chi connectivity index (χ0) is 51.1. The monoisotopic (exact) mass is 1020 g/mol. The van der Waals surface area contributed by atoms with Crippen LogP contribution in [0, 0.1) is 13.8 Å². The van der Waals surface area contributed by atoms with Gasteiger partial charge in [0.15, 0.2) is 0 Å². The first-order chi connectivity index (χ1) is 33.4. The summed E-state index contributed by atoms with van der Waals surface area (Å²) in [6.07, 6.45) is 48.7. The molecule has 0 radical (unpaired) electrons. The van der Waals surface area contributed by atoms with Crippen molar-refractivity contribution in [2.75, 3.05) is 23.0 Å². The molecule has 0 aliphatic heterocycles. The minimum absolute atomic E-state index is 0.0887. The summed E-state index contributed by atoms with van der Waals surface area (Å²) in [6, 6.07) is 16.5. The average molecular weight is 1020 g/mol. The van der Waals surface area contributed by atoms with E-state index in [9.17, 15) is 9.59 Å². The summed E-state index contributed by atoms with van der Waals surface area (Å²) >= 11 is 0. The molecule has 69 heavy (non-hydrogen) atoms. The van der Waals surface area contributed by atoms with Gasteiger partial charge in [0, 0.05) is 10.4 Å². The molecule has 400 valence electrons. The Bertz CT molecular complexity index is 1390. The SMILES string of the molecule is CCCCCCCCCCC[S+](CCCCCCCCCCC)C(=O)c1ccc(C)cc1.CCCCCCCCCCC[S+](CCCCCCCCCCC)C(=O)c1ccc(C)cc1.O=S(=O)([O-])[O-]. The standard InChI is InChI=1S/2C30H53OS.H2O4S/c2*1-4-6-8-10-12-14-16-18-20-26-32(30(31)29-24-22-28(3)23-25-29)27-21-19-17-15-13-11-9-7-5-2;1-5(2,3)4/h2*22-25H,4-21,26-27H2,1-3H3;(H2,1,2,3,4)/q2*+1;/p-2. The minimum atomic E-state index is -5.17. The van der Waals surface area contributed by atoms with E-state index in [1.165, 1.54) is 242 Å². The number of benzene rings is 2. The zero-order valence-electron chi connectivity index (χ0n) is 45.6. The van der Waals surface area contributed by atoms with Crippen LogP contribution in [0.5, 0.6) is 0 Å². The molecule has 0 amide bonds. The van der Waals surface area contributed by atoms with Crippen LogP contribution in [0.1, 0.15) is 291 Å². The molecule has 0 aromatic heterocycles. The molecule has 0 saturated carbocycles. The summed E-state index contributed by atoms with van der Waals surface area (Å²) in [7, 11) is -5.34. The third kappa shape index (κ3) is 44.8. The molecule has 0 heterocycles. The third-order valence-corrected chi connectivity index (χ3v) is 17.7. The summed E-state index contributed by atoms with van der Waals surface area (Å²) in [6.45, 7) is 13.3. The highest BCUT2D eigenvalue weighted by Crippen LogP contribution is 2.20. The van der Waals surface area contributed by atoms with Gasteiger partial charge in [-0.2, -0.15) is 0 Å². The Morgan fingerprint density at radius 2 is 0.493 bits per heavy atom. The van der Waals surface area contributed by atoms with Gasteiger partial charge < -0.3 is 9.11 Å². The predicted molar refractivity (Wildman–Crippen MR) is 305 cm³/mol. The van der Waals surface area contributed by atoms with E-state index in [0.717, 1.165) is 34.1 Å². The number of rotatable bonds is 42. The largest absolute Gasteiger partial charge is 0.759 e. The number of aryl methyl sites for hydroxylation is 2. The maximum atomic E-state index is 13.2. The molecule has 0 N–H and O–H groups in total. The third-order valence-electron chi connectivity index (χ3n) is 13.1. The highest BCUT2D eigenvalue weighted by molar-refractivity contribution is 8.11. The van der Waals surface area contributed by atoms with Crippen molar-refractivity contribution >= 4 is 42.4 Å². The lowest BCUT2D eigenvalue weighted by Gasteiger charge is -2.08. The van der Waals surface area contributed by atoms with Crippen molar-refractivity contribution in [1.82, 2.24) is 0 Å². The number of carbonyl (C=O) groups is 2. The molecule has 0 aliphatic rings. The molecule has 0 unspecified atom stereocenters. The first kappa shape index (κ1) is 67.3. The summed E-state index contributed by atoms with van der Waals surface area (Å²) in [4.78, 5) is 26.4. The van der Waals surface area contributed by atoms with E-state index in [-0.39, 0.29) is 21.8 Å². The van der Waals surface area contributed by atoms with Gasteiger partial charge in [0.05, 0.1) is 32.9 Å². The van der Waals surface area contributed by atoms with Crippen LogP contribution in [0.3, 0.4) is 0 Å². The van der Waals surface area contributed by atoms with Crippen LogP contribution in [0.25, 0.3) is 0 Å². The lowest BCUT2D eigenvalue weighted by molar-refractivity contribution is 0.107. The summed E-state index contributed by atoms with van der Waals surface area (Å²) in [5.41, 5.74) is 4.34. The van der Waals surface area contributed by atoms with Crippen LogP contribution in [0.4, 0.5) is 0 Å². The fraction of sp³-hybridized carbons (Fsp3) is 0.767. The molecule has 0 aliphatic carbocycles. The Kier molecular flexibility index (Phi) is 47.4. The van der Waals surface area contributed by atoms with Gasteiger partial charge in [-0.25, -0.2) is 9.59 Å². The van der Waals surface area contributed by atoms with Crippen molar-refractivity contribution in [2.45, 2.75) is 273 Å². The highest BCUT2D eigenvalue weighted by atomic mass is 32.3. The van der Waals surface area contributed by atoms with Crippen molar-refractivity contribution < 1.29 is 27.1 Å². The summed E-state index contributed by atoms with van der Waals surface area (Å²) < 4.78 is 34.1. The topological polar surface area (TPSA) is 114 Å². The quantitative estimate of drug-likeness (QED) is 0.0283. The molecule has 0 saturated heterocycles. The van der Waals surface area contributed by atoms with Gasteiger partial charge in [-0.1, -0.05) is 243 Å². The van der Waals surface area contributed by atoms with Crippen molar-refractivity contribution in [3.05, 3.63) is 70.8 Å². The molecular weight excluding hydrogens is 913 g/mol. The smallest absolute Gasteiger partial charge is 0.361 e. The number of hydrogen-bond acceptors (Lipinski definition) is 6. The van der Waals surface area contributed by atoms with E-state index >= 15 is 0 Å². The van der Waals surface area contributed by atoms with Gasteiger partial charge in [-0.15, -0.1) is 0 Å². The molecule has 2 aromatic rings. The molecule has 0 bridgehead atoms. The molecule has 2 rings (SSSR count). The average Bonchev–Trinajstić information content (AvgIpc) is 3.32. The van der Waals surface area contributed by atoms with Crippen molar-refractivity contribution in [2.24, 2.45) is 0 Å². The molecule has 0 spiro atoms.